The fourth-order valence-electron chi connectivity index (χ4n) is 2.47. The average Bonchev–Trinajstić information content (AvgIpc) is 2.62. The van der Waals surface area contributed by atoms with Crippen molar-refractivity contribution in [2.24, 2.45) is 5.73 Å². The van der Waals surface area contributed by atoms with Crippen molar-refractivity contribution < 1.29 is 9.66 Å². The van der Waals surface area contributed by atoms with Crippen LogP contribution in [0.25, 0.3) is 0 Å². The van der Waals surface area contributed by atoms with Gasteiger partial charge in [0, 0.05) is 18.2 Å². The number of non-ortho nitro benzene ring substituents is 1. The molecule has 6 heteroatoms. The maximum Gasteiger partial charge on any atom is 0.270 e. The Morgan fingerprint density at radius 1 is 1.35 bits per heavy atom. The van der Waals surface area contributed by atoms with Crippen molar-refractivity contribution in [2.75, 3.05) is 0 Å². The third kappa shape index (κ3) is 3.91. The molecule has 1 aliphatic carbocycles. The Labute approximate surface area is 123 Å². The normalized spacial score (nSPS) is 23.3. The minimum atomic E-state index is -0.461. The summed E-state index contributed by atoms with van der Waals surface area (Å²) in [6, 6.07) is 4.50. The molecule has 1 aromatic carbocycles. The van der Waals surface area contributed by atoms with E-state index in [-0.39, 0.29) is 17.8 Å². The molecule has 0 saturated heterocycles. The van der Waals surface area contributed by atoms with Crippen molar-refractivity contribution >= 4 is 17.3 Å². The van der Waals surface area contributed by atoms with Crippen molar-refractivity contribution in [3.8, 4) is 0 Å². The van der Waals surface area contributed by atoms with E-state index in [2.05, 4.69) is 0 Å². The predicted octanol–water partition coefficient (Wildman–Crippen LogP) is 3.42. The second kappa shape index (κ2) is 7.02. The molecule has 2 N–H and O–H groups in total. The lowest BCUT2D eigenvalue weighted by molar-refractivity contribution is -0.384. The minimum absolute atomic E-state index is 0.00934. The van der Waals surface area contributed by atoms with Crippen molar-refractivity contribution in [1.29, 1.82) is 0 Å². The summed E-state index contributed by atoms with van der Waals surface area (Å²) < 4.78 is 5.86. The van der Waals surface area contributed by atoms with Gasteiger partial charge >= 0.3 is 0 Å². The van der Waals surface area contributed by atoms with Crippen LogP contribution in [0, 0.1) is 10.1 Å². The molecule has 5 nitrogen and oxygen atoms in total. The zero-order chi connectivity index (χ0) is 14.5. The van der Waals surface area contributed by atoms with Gasteiger partial charge in [-0.3, -0.25) is 10.1 Å². The number of nitro groups is 1. The Bertz CT molecular complexity index is 481. The number of nitrogens with two attached hydrogens (primary N) is 1. The van der Waals surface area contributed by atoms with Crippen LogP contribution in [0.3, 0.4) is 0 Å². The van der Waals surface area contributed by atoms with E-state index in [4.69, 9.17) is 22.1 Å². The van der Waals surface area contributed by atoms with Crippen molar-refractivity contribution in [3.63, 3.8) is 0 Å². The molecule has 0 spiro atoms. The molecule has 110 valence electrons. The summed E-state index contributed by atoms with van der Waals surface area (Å²) in [5.41, 5.74) is 6.85. The molecule has 2 unspecified atom stereocenters. The van der Waals surface area contributed by atoms with Crippen molar-refractivity contribution in [3.05, 3.63) is 38.9 Å². The molecule has 0 bridgehead atoms. The van der Waals surface area contributed by atoms with Gasteiger partial charge in [0.15, 0.2) is 0 Å². The summed E-state index contributed by atoms with van der Waals surface area (Å²) in [6.45, 7) is 0.342. The van der Waals surface area contributed by atoms with E-state index in [1.807, 2.05) is 0 Å². The van der Waals surface area contributed by atoms with Crippen LogP contribution in [0.2, 0.25) is 5.02 Å². The summed E-state index contributed by atoms with van der Waals surface area (Å²) in [5, 5.41) is 11.0. The smallest absolute Gasteiger partial charge is 0.270 e. The van der Waals surface area contributed by atoms with Gasteiger partial charge in [0.2, 0.25) is 0 Å². The molecule has 0 aromatic heterocycles. The molecule has 0 radical (unpaired) electrons. The summed E-state index contributed by atoms with van der Waals surface area (Å²) >= 11 is 6.04. The quantitative estimate of drug-likeness (QED) is 0.525. The number of benzene rings is 1. The van der Waals surface area contributed by atoms with Gasteiger partial charge in [-0.15, -0.1) is 0 Å². The van der Waals surface area contributed by atoms with Gasteiger partial charge in [-0.25, -0.2) is 0 Å². The first-order valence-corrected chi connectivity index (χ1v) is 7.25. The molecule has 20 heavy (non-hydrogen) atoms. The van der Waals surface area contributed by atoms with Gasteiger partial charge in [0.1, 0.15) is 0 Å². The summed E-state index contributed by atoms with van der Waals surface area (Å²) in [4.78, 5) is 10.2. The third-order valence-corrected chi connectivity index (χ3v) is 4.06. The largest absolute Gasteiger partial charge is 0.372 e. The van der Waals surface area contributed by atoms with Crippen LogP contribution in [0.5, 0.6) is 0 Å². The zero-order valence-electron chi connectivity index (χ0n) is 11.3. The van der Waals surface area contributed by atoms with Gasteiger partial charge in [-0.05, 0) is 24.5 Å². The van der Waals surface area contributed by atoms with Gasteiger partial charge in [0.25, 0.3) is 5.69 Å². The van der Waals surface area contributed by atoms with Crippen LogP contribution < -0.4 is 5.73 Å². The van der Waals surface area contributed by atoms with E-state index in [1.54, 1.807) is 6.07 Å². The van der Waals surface area contributed by atoms with Gasteiger partial charge < -0.3 is 10.5 Å². The highest BCUT2D eigenvalue weighted by Gasteiger charge is 2.21. The maximum atomic E-state index is 10.6. The van der Waals surface area contributed by atoms with Gasteiger partial charge in [0.05, 0.1) is 22.7 Å². The van der Waals surface area contributed by atoms with Crippen molar-refractivity contribution in [2.45, 2.75) is 50.9 Å². The minimum Gasteiger partial charge on any atom is -0.372 e. The standard InChI is InChI=1S/C14H19ClN2O3/c15-12-8-11(17(18)19)7-6-10(12)9-20-14-5-3-1-2-4-13(14)16/h6-8,13-14H,1-5,9,16H2. The number of rotatable bonds is 4. The fraction of sp³-hybridized carbons (Fsp3) is 0.571. The summed E-state index contributed by atoms with van der Waals surface area (Å²) in [7, 11) is 0. The van der Waals surface area contributed by atoms with E-state index < -0.39 is 4.92 Å². The summed E-state index contributed by atoms with van der Waals surface area (Å²) in [6.07, 6.45) is 5.48. The fourth-order valence-corrected chi connectivity index (χ4v) is 2.70. The van der Waals surface area contributed by atoms with Gasteiger partial charge in [-0.2, -0.15) is 0 Å². The molecule has 1 saturated carbocycles. The summed E-state index contributed by atoms with van der Waals surface area (Å²) in [5.74, 6) is 0. The SMILES string of the molecule is NC1CCCCCC1OCc1ccc([N+](=O)[O-])cc1Cl. The number of nitrogens with zero attached hydrogens (tertiary/aromatic N) is 1. The van der Waals surface area contributed by atoms with Crippen LogP contribution in [-0.4, -0.2) is 17.1 Å². The Balaban J connectivity index is 1.97. The first-order chi connectivity index (χ1) is 9.58. The predicted molar refractivity (Wildman–Crippen MR) is 77.7 cm³/mol. The first-order valence-electron chi connectivity index (χ1n) is 6.88. The molecule has 0 aliphatic heterocycles. The van der Waals surface area contributed by atoms with Crippen LogP contribution in [0.4, 0.5) is 5.69 Å². The van der Waals surface area contributed by atoms with Crippen LogP contribution in [-0.2, 0) is 11.3 Å². The highest BCUT2D eigenvalue weighted by atomic mass is 35.5. The average molecular weight is 299 g/mol. The van der Waals surface area contributed by atoms with Crippen molar-refractivity contribution in [1.82, 2.24) is 0 Å². The number of halogens is 1. The molecule has 0 amide bonds. The Hall–Kier alpha value is -1.17. The molecule has 1 fully saturated rings. The number of hydrogen-bond acceptors (Lipinski definition) is 4. The first kappa shape index (κ1) is 15.2. The Morgan fingerprint density at radius 3 is 2.80 bits per heavy atom. The lowest BCUT2D eigenvalue weighted by atomic mass is 10.1. The number of hydrogen-bond donors (Lipinski definition) is 1. The van der Waals surface area contributed by atoms with Crippen LogP contribution in [0.15, 0.2) is 18.2 Å². The molecule has 2 atom stereocenters. The van der Waals surface area contributed by atoms with E-state index in [0.29, 0.717) is 11.6 Å². The van der Waals surface area contributed by atoms with E-state index in [9.17, 15) is 10.1 Å². The molecular formula is C14H19ClN2O3. The second-order valence-corrected chi connectivity index (χ2v) is 5.59. The molecule has 0 heterocycles. The molecular weight excluding hydrogens is 280 g/mol. The Kier molecular flexibility index (Phi) is 5.34. The van der Waals surface area contributed by atoms with Crippen LogP contribution >= 0.6 is 11.6 Å². The van der Waals surface area contributed by atoms with Gasteiger partial charge in [-0.1, -0.05) is 30.9 Å². The Morgan fingerprint density at radius 2 is 2.10 bits per heavy atom. The second-order valence-electron chi connectivity index (χ2n) is 5.18. The van der Waals surface area contributed by atoms with E-state index >= 15 is 0 Å². The molecule has 2 rings (SSSR count). The van der Waals surface area contributed by atoms with E-state index in [0.717, 1.165) is 31.2 Å². The highest BCUT2D eigenvalue weighted by Crippen LogP contribution is 2.25. The number of nitro benzene ring substituents is 1. The zero-order valence-corrected chi connectivity index (χ0v) is 12.0. The monoisotopic (exact) mass is 298 g/mol. The molecule has 1 aliphatic rings. The lowest BCUT2D eigenvalue weighted by Gasteiger charge is -2.22. The number of ether oxygens (including phenoxy) is 1. The maximum absolute atomic E-state index is 10.6. The highest BCUT2D eigenvalue weighted by molar-refractivity contribution is 6.31. The van der Waals surface area contributed by atoms with Crippen LogP contribution in [0.1, 0.15) is 37.7 Å². The topological polar surface area (TPSA) is 78.4 Å². The third-order valence-electron chi connectivity index (χ3n) is 3.70. The molecule has 1 aromatic rings. The van der Waals surface area contributed by atoms with E-state index in [1.165, 1.54) is 18.6 Å². The lowest BCUT2D eigenvalue weighted by Crippen LogP contribution is -2.35.